The van der Waals surface area contributed by atoms with Gasteiger partial charge in [0.2, 0.25) is 0 Å². The smallest absolute Gasteiger partial charge is 0.252 e. The summed E-state index contributed by atoms with van der Waals surface area (Å²) < 4.78 is 29.8. The Morgan fingerprint density at radius 1 is 1.26 bits per heavy atom. The van der Waals surface area contributed by atoms with Gasteiger partial charge in [-0.25, -0.2) is 8.42 Å². The second-order valence-electron chi connectivity index (χ2n) is 5.52. The van der Waals surface area contributed by atoms with Crippen molar-refractivity contribution in [2.75, 3.05) is 45.1 Å². The van der Waals surface area contributed by atoms with E-state index in [1.54, 1.807) is 18.2 Å². The minimum absolute atomic E-state index is 0.0467. The summed E-state index contributed by atoms with van der Waals surface area (Å²) in [7, 11) is -3.42. The van der Waals surface area contributed by atoms with E-state index in [1.165, 1.54) is 6.07 Å². The molecule has 2 rings (SSSR count). The average Bonchev–Trinajstić information content (AvgIpc) is 2.56. The van der Waals surface area contributed by atoms with Crippen LogP contribution in [0.1, 0.15) is 23.7 Å². The molecule has 1 heterocycles. The van der Waals surface area contributed by atoms with Crippen molar-refractivity contribution in [3.8, 4) is 0 Å². The van der Waals surface area contributed by atoms with Crippen LogP contribution in [0.5, 0.6) is 0 Å². The van der Waals surface area contributed by atoms with Gasteiger partial charge in [0.1, 0.15) is 0 Å². The summed E-state index contributed by atoms with van der Waals surface area (Å²) >= 11 is 0. The van der Waals surface area contributed by atoms with Gasteiger partial charge in [-0.15, -0.1) is 0 Å². The summed E-state index contributed by atoms with van der Waals surface area (Å²) in [4.78, 5) is 14.7. The quantitative estimate of drug-likeness (QED) is 0.799. The van der Waals surface area contributed by atoms with Crippen LogP contribution in [0, 0.1) is 0 Å². The third-order valence-corrected chi connectivity index (χ3v) is 5.73. The van der Waals surface area contributed by atoms with Crippen molar-refractivity contribution in [3.63, 3.8) is 0 Å². The molecule has 0 saturated carbocycles. The Morgan fingerprint density at radius 2 is 1.96 bits per heavy atom. The number of carbonyl (C=O) groups excluding carboxylic acids is 1. The standard InChI is InChI=1S/C16H24N2O4S/c1-2-13-23(20,21)15-6-4-3-5-14(15)16(19)17-7-8-18-9-11-22-12-10-18/h3-6H,2,7-13H2,1H3,(H,17,19). The molecule has 0 atom stereocenters. The van der Waals surface area contributed by atoms with Gasteiger partial charge in [-0.2, -0.15) is 0 Å². The van der Waals surface area contributed by atoms with E-state index >= 15 is 0 Å². The summed E-state index contributed by atoms with van der Waals surface area (Å²) in [6, 6.07) is 6.39. The maximum atomic E-state index is 12.3. The highest BCUT2D eigenvalue weighted by Gasteiger charge is 2.21. The number of hydrogen-bond donors (Lipinski definition) is 1. The number of carbonyl (C=O) groups is 1. The highest BCUT2D eigenvalue weighted by Crippen LogP contribution is 2.17. The second-order valence-corrected chi connectivity index (χ2v) is 7.60. The molecule has 1 fully saturated rings. The molecule has 0 radical (unpaired) electrons. The van der Waals surface area contributed by atoms with Crippen LogP contribution in [0.25, 0.3) is 0 Å². The Bertz CT molecular complexity index is 625. The molecular weight excluding hydrogens is 316 g/mol. The van der Waals surface area contributed by atoms with Crippen molar-refractivity contribution >= 4 is 15.7 Å². The SMILES string of the molecule is CCCS(=O)(=O)c1ccccc1C(=O)NCCN1CCOCC1. The third-order valence-electron chi connectivity index (χ3n) is 3.76. The molecule has 1 aromatic carbocycles. The number of hydrogen-bond acceptors (Lipinski definition) is 5. The van der Waals surface area contributed by atoms with E-state index in [4.69, 9.17) is 4.74 Å². The van der Waals surface area contributed by atoms with Crippen LogP contribution in [-0.4, -0.2) is 64.4 Å². The average molecular weight is 340 g/mol. The lowest BCUT2D eigenvalue weighted by atomic mass is 10.2. The van der Waals surface area contributed by atoms with Crippen LogP contribution in [0.4, 0.5) is 0 Å². The summed E-state index contributed by atoms with van der Waals surface area (Å²) in [6.45, 7) is 6.18. The molecule has 0 aromatic heterocycles. The number of benzene rings is 1. The zero-order valence-corrected chi connectivity index (χ0v) is 14.3. The van der Waals surface area contributed by atoms with E-state index in [2.05, 4.69) is 10.2 Å². The van der Waals surface area contributed by atoms with Crippen molar-refractivity contribution in [1.29, 1.82) is 0 Å². The van der Waals surface area contributed by atoms with Crippen LogP contribution in [0.2, 0.25) is 0 Å². The number of ether oxygens (including phenoxy) is 1. The van der Waals surface area contributed by atoms with E-state index in [0.717, 1.165) is 19.6 Å². The zero-order valence-electron chi connectivity index (χ0n) is 13.5. The van der Waals surface area contributed by atoms with Crippen LogP contribution in [0.15, 0.2) is 29.2 Å². The molecule has 1 aromatic rings. The lowest BCUT2D eigenvalue weighted by Gasteiger charge is -2.26. The third kappa shape index (κ3) is 5.02. The minimum atomic E-state index is -3.42. The van der Waals surface area contributed by atoms with Crippen molar-refractivity contribution in [2.24, 2.45) is 0 Å². The Hall–Kier alpha value is -1.44. The monoisotopic (exact) mass is 340 g/mol. The van der Waals surface area contributed by atoms with Gasteiger partial charge in [0.05, 0.1) is 29.4 Å². The predicted molar refractivity (Wildman–Crippen MR) is 88.4 cm³/mol. The number of nitrogens with zero attached hydrogens (tertiary/aromatic N) is 1. The maximum Gasteiger partial charge on any atom is 0.252 e. The topological polar surface area (TPSA) is 75.7 Å². The van der Waals surface area contributed by atoms with Gasteiger partial charge in [0.25, 0.3) is 5.91 Å². The molecule has 128 valence electrons. The van der Waals surface area contributed by atoms with E-state index < -0.39 is 9.84 Å². The molecule has 1 aliphatic rings. The molecule has 1 N–H and O–H groups in total. The first-order valence-electron chi connectivity index (χ1n) is 7.94. The zero-order chi connectivity index (χ0) is 16.7. The lowest BCUT2D eigenvalue weighted by molar-refractivity contribution is 0.0383. The van der Waals surface area contributed by atoms with Gasteiger partial charge in [0, 0.05) is 26.2 Å². The summed E-state index contributed by atoms with van der Waals surface area (Å²) in [6.07, 6.45) is 0.523. The molecular formula is C16H24N2O4S. The van der Waals surface area contributed by atoms with E-state index in [-0.39, 0.29) is 22.1 Å². The Balaban J connectivity index is 1.99. The number of amides is 1. The molecule has 23 heavy (non-hydrogen) atoms. The summed E-state index contributed by atoms with van der Waals surface area (Å²) in [5.41, 5.74) is 0.225. The molecule has 0 spiro atoms. The van der Waals surface area contributed by atoms with Crippen LogP contribution in [-0.2, 0) is 14.6 Å². The normalized spacial score (nSPS) is 16.2. The maximum absolute atomic E-state index is 12.3. The Labute approximate surface area is 137 Å². The predicted octanol–water partition coefficient (Wildman–Crippen LogP) is 0.932. The van der Waals surface area contributed by atoms with E-state index in [9.17, 15) is 13.2 Å². The van der Waals surface area contributed by atoms with Crippen molar-refractivity contribution in [3.05, 3.63) is 29.8 Å². The first-order chi connectivity index (χ1) is 11.0. The van der Waals surface area contributed by atoms with Gasteiger partial charge in [0.15, 0.2) is 9.84 Å². The van der Waals surface area contributed by atoms with Crippen LogP contribution in [0.3, 0.4) is 0 Å². The lowest BCUT2D eigenvalue weighted by Crippen LogP contribution is -2.41. The fraction of sp³-hybridized carbons (Fsp3) is 0.562. The minimum Gasteiger partial charge on any atom is -0.379 e. The van der Waals surface area contributed by atoms with Gasteiger partial charge in [-0.3, -0.25) is 9.69 Å². The molecule has 7 heteroatoms. The summed E-state index contributed by atoms with van der Waals surface area (Å²) in [5, 5.41) is 2.81. The Kier molecular flexibility index (Phi) is 6.56. The number of sulfone groups is 1. The second kappa shape index (κ2) is 8.42. The fourth-order valence-electron chi connectivity index (χ4n) is 2.55. The van der Waals surface area contributed by atoms with Gasteiger partial charge in [-0.1, -0.05) is 19.1 Å². The highest BCUT2D eigenvalue weighted by atomic mass is 32.2. The molecule has 1 saturated heterocycles. The Morgan fingerprint density at radius 3 is 2.65 bits per heavy atom. The summed E-state index contributed by atoms with van der Waals surface area (Å²) in [5.74, 6) is -0.293. The van der Waals surface area contributed by atoms with E-state index in [1.807, 2.05) is 6.92 Å². The largest absolute Gasteiger partial charge is 0.379 e. The van der Waals surface area contributed by atoms with Gasteiger partial charge >= 0.3 is 0 Å². The highest BCUT2D eigenvalue weighted by molar-refractivity contribution is 7.91. The van der Waals surface area contributed by atoms with Gasteiger partial charge in [-0.05, 0) is 18.6 Å². The molecule has 0 aliphatic carbocycles. The fourth-order valence-corrected chi connectivity index (χ4v) is 4.09. The number of morpholine rings is 1. The van der Waals surface area contributed by atoms with Crippen molar-refractivity contribution in [1.82, 2.24) is 10.2 Å². The number of nitrogens with one attached hydrogen (secondary N) is 1. The van der Waals surface area contributed by atoms with Gasteiger partial charge < -0.3 is 10.1 Å². The van der Waals surface area contributed by atoms with Crippen LogP contribution < -0.4 is 5.32 Å². The molecule has 1 amide bonds. The molecule has 6 nitrogen and oxygen atoms in total. The first-order valence-corrected chi connectivity index (χ1v) is 9.60. The van der Waals surface area contributed by atoms with Crippen LogP contribution >= 0.6 is 0 Å². The molecule has 0 unspecified atom stereocenters. The first kappa shape index (κ1) is 17.9. The number of rotatable bonds is 7. The van der Waals surface area contributed by atoms with E-state index in [0.29, 0.717) is 26.2 Å². The van der Waals surface area contributed by atoms with Crippen molar-refractivity contribution < 1.29 is 17.9 Å². The van der Waals surface area contributed by atoms with Crippen molar-refractivity contribution in [2.45, 2.75) is 18.2 Å². The molecule has 0 bridgehead atoms. The molecule has 1 aliphatic heterocycles.